The van der Waals surface area contributed by atoms with Gasteiger partial charge in [0.1, 0.15) is 28.9 Å². The van der Waals surface area contributed by atoms with Crippen LogP contribution in [-0.4, -0.2) is 65.7 Å². The van der Waals surface area contributed by atoms with Crippen LogP contribution in [0.2, 0.25) is 5.02 Å². The van der Waals surface area contributed by atoms with Crippen LogP contribution in [0.15, 0.2) is 90.3 Å². The molecule has 16 heteroatoms. The van der Waals surface area contributed by atoms with Crippen molar-refractivity contribution in [3.8, 4) is 11.8 Å². The Balaban J connectivity index is 1.02. The summed E-state index contributed by atoms with van der Waals surface area (Å²) in [5.41, 5.74) is -0.410. The highest BCUT2D eigenvalue weighted by atomic mass is 35.5. The third kappa shape index (κ3) is 9.91. The number of hydrogen-bond acceptors (Lipinski definition) is 8. The highest BCUT2D eigenvalue weighted by Crippen LogP contribution is 2.59. The summed E-state index contributed by atoms with van der Waals surface area (Å²) in [6, 6.07) is 14.3. The van der Waals surface area contributed by atoms with Crippen LogP contribution in [0, 0.1) is 28.5 Å². The molecule has 3 heterocycles. The van der Waals surface area contributed by atoms with E-state index in [9.17, 15) is 29.2 Å². The Morgan fingerprint density at radius 2 is 1.82 bits per heavy atom. The molecule has 7 rings (SSSR count). The zero-order valence-electron chi connectivity index (χ0n) is 37.7. The lowest BCUT2D eigenvalue weighted by molar-refractivity contribution is -0.137. The van der Waals surface area contributed by atoms with E-state index in [2.05, 4.69) is 47.8 Å². The molecule has 0 radical (unpaired) electrons. The number of allylic oxidation sites excluding steroid dienone is 4. The van der Waals surface area contributed by atoms with Gasteiger partial charge in [0.15, 0.2) is 0 Å². The SMILES string of the molecule is C=C(Cl)/C=C\C=C(/F)[C@H]1[C@H](C(=O)Nc2ccc(C(=O)NCCCCCc3cccc4c3CN(C3CCC(=O)NC3=O)C4=O)cc2OC)NC2(CCC(C)(C)CC2)[C@]1(C#N)c1ccc(Cl)cc1F. The summed E-state index contributed by atoms with van der Waals surface area (Å²) >= 11 is 12.1. The number of halogens is 4. The molecule has 0 aromatic heterocycles. The van der Waals surface area contributed by atoms with Gasteiger partial charge in [0, 0.05) is 51.8 Å². The van der Waals surface area contributed by atoms with Gasteiger partial charge in [0.25, 0.3) is 11.8 Å². The number of aryl methyl sites for hydroxylation is 1. The van der Waals surface area contributed by atoms with E-state index in [1.165, 1.54) is 49.6 Å². The van der Waals surface area contributed by atoms with Crippen LogP contribution in [0.4, 0.5) is 14.5 Å². The number of carbonyl (C=O) groups is 5. The van der Waals surface area contributed by atoms with Crippen molar-refractivity contribution in [3.63, 3.8) is 0 Å². The van der Waals surface area contributed by atoms with Crippen molar-refractivity contribution >= 4 is 58.4 Å². The summed E-state index contributed by atoms with van der Waals surface area (Å²) in [5.74, 6) is -5.08. The maximum Gasteiger partial charge on any atom is 0.255 e. The fourth-order valence-electron chi connectivity index (χ4n) is 10.3. The number of methoxy groups -OCH3 is 1. The third-order valence-electron chi connectivity index (χ3n) is 13.9. The summed E-state index contributed by atoms with van der Waals surface area (Å²) in [7, 11) is 1.38. The molecule has 3 aromatic rings. The minimum atomic E-state index is -1.91. The number of benzene rings is 3. The molecule has 4 atom stereocenters. The number of unbranched alkanes of at least 4 members (excludes halogenated alkanes) is 2. The van der Waals surface area contributed by atoms with Gasteiger partial charge >= 0.3 is 0 Å². The van der Waals surface area contributed by atoms with Crippen molar-refractivity contribution in [2.75, 3.05) is 19.0 Å². The number of anilines is 1. The van der Waals surface area contributed by atoms with Crippen LogP contribution in [0.25, 0.3) is 0 Å². The second-order valence-corrected chi connectivity index (χ2v) is 19.5. The number of imide groups is 1. The first kappa shape index (κ1) is 49.0. The van der Waals surface area contributed by atoms with Crippen molar-refractivity contribution in [1.29, 1.82) is 5.26 Å². The van der Waals surface area contributed by atoms with Gasteiger partial charge in [0.2, 0.25) is 17.7 Å². The van der Waals surface area contributed by atoms with Crippen molar-refractivity contribution < 1.29 is 37.5 Å². The average Bonchev–Trinajstić information content (AvgIpc) is 3.78. The molecule has 3 aliphatic heterocycles. The molecule has 352 valence electrons. The van der Waals surface area contributed by atoms with E-state index in [0.29, 0.717) is 63.6 Å². The Bertz CT molecular complexity index is 2600. The summed E-state index contributed by atoms with van der Waals surface area (Å²) in [6.07, 6.45) is 9.14. The van der Waals surface area contributed by atoms with Crippen LogP contribution < -0.4 is 26.0 Å². The average molecular weight is 956 g/mol. The maximum atomic E-state index is 17.0. The topological polar surface area (TPSA) is 170 Å². The van der Waals surface area contributed by atoms with Crippen LogP contribution in [0.5, 0.6) is 5.75 Å². The highest BCUT2D eigenvalue weighted by Gasteiger charge is 2.69. The predicted molar refractivity (Wildman–Crippen MR) is 251 cm³/mol. The number of ether oxygens (including phenoxy) is 1. The van der Waals surface area contributed by atoms with E-state index in [1.54, 1.807) is 11.0 Å². The van der Waals surface area contributed by atoms with Gasteiger partial charge in [-0.2, -0.15) is 5.26 Å². The molecule has 67 heavy (non-hydrogen) atoms. The van der Waals surface area contributed by atoms with Gasteiger partial charge < -0.3 is 20.3 Å². The first-order valence-corrected chi connectivity index (χ1v) is 23.2. The molecular weight excluding hydrogens is 901 g/mol. The highest BCUT2D eigenvalue weighted by molar-refractivity contribution is 6.31. The fraction of sp³-hybridized carbons (Fsp3) is 0.412. The standard InChI is InChI=1S/C51H54Cl2F2N6O6/c1-30(52)10-8-14-37(54)43-44(60-50(23-21-49(2,3)22-24-50)51(43,29-56)36-17-16-33(53)27-38(36)55)47(65)58-39-18-15-32(26-41(39)67-4)45(63)57-25-7-5-6-11-31-12-9-13-34-35(31)28-61(48(34)66)40-19-20-42(62)59-46(40)64/h8-10,12-18,26-27,40,43-44,60H,1,5-7,11,19-25,28H2,2-4H3,(H,57,63)(H,58,65)(H,59,62,64)/b10-8-,37-14-/t40?,43-,44+,51+/m0/s1. The van der Waals surface area contributed by atoms with E-state index < -0.39 is 52.4 Å². The molecule has 4 N–H and O–H groups in total. The lowest BCUT2D eigenvalue weighted by Crippen LogP contribution is -2.58. The minimum absolute atomic E-state index is 0.0775. The maximum absolute atomic E-state index is 17.0. The number of nitrogens with one attached hydrogen (secondary N) is 4. The van der Waals surface area contributed by atoms with Gasteiger partial charge in [-0.15, -0.1) is 0 Å². The van der Waals surface area contributed by atoms with Crippen LogP contribution in [0.3, 0.4) is 0 Å². The van der Waals surface area contributed by atoms with Crippen LogP contribution in [0.1, 0.15) is 109 Å². The number of amides is 5. The van der Waals surface area contributed by atoms with Crippen LogP contribution in [-0.2, 0) is 32.8 Å². The Morgan fingerprint density at radius 1 is 1.06 bits per heavy atom. The van der Waals surface area contributed by atoms with E-state index in [4.69, 9.17) is 27.9 Å². The molecular formula is C51H54Cl2F2N6O6. The van der Waals surface area contributed by atoms with E-state index in [0.717, 1.165) is 36.1 Å². The van der Waals surface area contributed by atoms with Crippen molar-refractivity contribution in [3.05, 3.63) is 129 Å². The Morgan fingerprint density at radius 3 is 2.51 bits per heavy atom. The Hall–Kier alpha value is -5.88. The molecule has 2 saturated heterocycles. The van der Waals surface area contributed by atoms with Crippen molar-refractivity contribution in [1.82, 2.24) is 20.9 Å². The first-order valence-electron chi connectivity index (χ1n) is 22.5. The number of fused-ring (bicyclic) bond motifs is 1. The van der Waals surface area contributed by atoms with E-state index >= 15 is 8.78 Å². The lowest BCUT2D eigenvalue weighted by Gasteiger charge is -2.49. The number of rotatable bonds is 15. The van der Waals surface area contributed by atoms with E-state index in [1.807, 2.05) is 12.1 Å². The van der Waals surface area contributed by atoms with Crippen molar-refractivity contribution in [2.24, 2.45) is 11.3 Å². The minimum Gasteiger partial charge on any atom is -0.495 e. The monoisotopic (exact) mass is 954 g/mol. The number of carbonyl (C=O) groups excluding carboxylic acids is 5. The molecule has 3 aromatic carbocycles. The summed E-state index contributed by atoms with van der Waals surface area (Å²) < 4.78 is 38.8. The summed E-state index contributed by atoms with van der Waals surface area (Å²) in [4.78, 5) is 66.9. The largest absolute Gasteiger partial charge is 0.495 e. The zero-order chi connectivity index (χ0) is 48.3. The molecule has 0 bridgehead atoms. The van der Waals surface area contributed by atoms with Gasteiger partial charge in [-0.3, -0.25) is 34.6 Å². The number of nitriles is 1. The number of hydrogen-bond donors (Lipinski definition) is 4. The second kappa shape index (κ2) is 20.1. The molecule has 1 saturated carbocycles. The van der Waals surface area contributed by atoms with E-state index in [-0.39, 0.29) is 62.2 Å². The number of piperidine rings is 1. The molecule has 1 aliphatic carbocycles. The second-order valence-electron chi connectivity index (χ2n) is 18.6. The summed E-state index contributed by atoms with van der Waals surface area (Å²) in [6.45, 7) is 8.49. The first-order chi connectivity index (χ1) is 31.9. The molecule has 4 aliphatic rings. The van der Waals surface area contributed by atoms with Crippen molar-refractivity contribution in [2.45, 2.75) is 108 Å². The third-order valence-corrected chi connectivity index (χ3v) is 14.3. The van der Waals surface area contributed by atoms with Crippen LogP contribution >= 0.6 is 23.2 Å². The zero-order valence-corrected chi connectivity index (χ0v) is 39.2. The van der Waals surface area contributed by atoms with Gasteiger partial charge in [-0.05, 0) is 116 Å². The quantitative estimate of drug-likeness (QED) is 0.0666. The van der Waals surface area contributed by atoms with Gasteiger partial charge in [-0.1, -0.05) is 74.3 Å². The predicted octanol–water partition coefficient (Wildman–Crippen LogP) is 8.88. The Kier molecular flexibility index (Phi) is 14.7. The molecule has 3 fully saturated rings. The molecule has 12 nitrogen and oxygen atoms in total. The molecule has 1 unspecified atom stereocenters. The smallest absolute Gasteiger partial charge is 0.255 e. The van der Waals surface area contributed by atoms with Gasteiger partial charge in [-0.25, -0.2) is 8.78 Å². The van der Waals surface area contributed by atoms with Gasteiger partial charge in [0.05, 0.1) is 30.8 Å². The molecule has 5 amide bonds. The molecule has 1 spiro atoms. The number of nitrogens with zero attached hydrogens (tertiary/aromatic N) is 2. The lowest BCUT2D eigenvalue weighted by atomic mass is 9.54. The normalized spacial score (nSPS) is 23.2. The Labute approximate surface area is 399 Å². The fourth-order valence-corrected chi connectivity index (χ4v) is 10.5. The summed E-state index contributed by atoms with van der Waals surface area (Å²) in [5, 5.41) is 23.0.